The van der Waals surface area contributed by atoms with Gasteiger partial charge in [0.05, 0.1) is 0 Å². The van der Waals surface area contributed by atoms with Crippen molar-refractivity contribution in [3.63, 3.8) is 0 Å². The molecule has 2 aromatic rings. The minimum Gasteiger partial charge on any atom is -0.284 e. The van der Waals surface area contributed by atoms with Crippen LogP contribution in [0.5, 0.6) is 0 Å². The number of nitrogens with zero attached hydrogens (tertiary/aromatic N) is 1. The lowest BCUT2D eigenvalue weighted by Crippen LogP contribution is -2.15. The van der Waals surface area contributed by atoms with Gasteiger partial charge in [0.25, 0.3) is 5.56 Å². The van der Waals surface area contributed by atoms with E-state index in [1.807, 2.05) is 30.3 Å². The van der Waals surface area contributed by atoms with Crippen LogP contribution >= 0.6 is 15.9 Å². The standard InChI is InChI=1S/C11H8BrNO/c12-9-4-3-5-10(8-9)13-7-2-1-6-11(13)14/h1-8H. The van der Waals surface area contributed by atoms with Gasteiger partial charge < -0.3 is 0 Å². The summed E-state index contributed by atoms with van der Waals surface area (Å²) in [5.41, 5.74) is 0.843. The first-order valence-electron chi connectivity index (χ1n) is 4.21. The van der Waals surface area contributed by atoms with Gasteiger partial charge in [0, 0.05) is 22.4 Å². The molecule has 0 spiro atoms. The van der Waals surface area contributed by atoms with E-state index in [2.05, 4.69) is 15.9 Å². The largest absolute Gasteiger partial charge is 0.284 e. The summed E-state index contributed by atoms with van der Waals surface area (Å²) in [6.07, 6.45) is 1.75. The summed E-state index contributed by atoms with van der Waals surface area (Å²) >= 11 is 3.37. The quantitative estimate of drug-likeness (QED) is 0.762. The van der Waals surface area contributed by atoms with Crippen molar-refractivity contribution in [2.75, 3.05) is 0 Å². The number of benzene rings is 1. The smallest absolute Gasteiger partial charge is 0.255 e. The van der Waals surface area contributed by atoms with Gasteiger partial charge >= 0.3 is 0 Å². The molecule has 0 amide bonds. The van der Waals surface area contributed by atoms with Crippen molar-refractivity contribution in [1.29, 1.82) is 0 Å². The SMILES string of the molecule is O=c1ccccn1-c1cccc(Br)c1. The lowest BCUT2D eigenvalue weighted by molar-refractivity contribution is 0.989. The van der Waals surface area contributed by atoms with Crippen LogP contribution < -0.4 is 5.56 Å². The van der Waals surface area contributed by atoms with Crippen LogP contribution in [0.25, 0.3) is 5.69 Å². The Bertz CT molecular complexity index is 504. The molecule has 0 aliphatic carbocycles. The van der Waals surface area contributed by atoms with E-state index in [1.54, 1.807) is 22.9 Å². The number of rotatable bonds is 1. The van der Waals surface area contributed by atoms with Gasteiger partial charge in [-0.3, -0.25) is 9.36 Å². The summed E-state index contributed by atoms with van der Waals surface area (Å²) in [7, 11) is 0. The topological polar surface area (TPSA) is 22.0 Å². The number of halogens is 1. The number of hydrogen-bond acceptors (Lipinski definition) is 1. The van der Waals surface area contributed by atoms with Crippen molar-refractivity contribution in [2.24, 2.45) is 0 Å². The van der Waals surface area contributed by atoms with Crippen molar-refractivity contribution in [2.45, 2.75) is 0 Å². The summed E-state index contributed by atoms with van der Waals surface area (Å²) in [5, 5.41) is 0. The van der Waals surface area contributed by atoms with Crippen molar-refractivity contribution in [3.05, 3.63) is 63.5 Å². The average molecular weight is 250 g/mol. The van der Waals surface area contributed by atoms with Crippen LogP contribution in [0.1, 0.15) is 0 Å². The van der Waals surface area contributed by atoms with Crippen LogP contribution in [0, 0.1) is 0 Å². The summed E-state index contributed by atoms with van der Waals surface area (Å²) < 4.78 is 2.57. The number of hydrogen-bond donors (Lipinski definition) is 0. The number of pyridine rings is 1. The fourth-order valence-corrected chi connectivity index (χ4v) is 1.65. The van der Waals surface area contributed by atoms with E-state index in [4.69, 9.17) is 0 Å². The van der Waals surface area contributed by atoms with Gasteiger partial charge in [-0.05, 0) is 24.3 Å². The van der Waals surface area contributed by atoms with Gasteiger partial charge in [0.2, 0.25) is 0 Å². The molecule has 2 nitrogen and oxygen atoms in total. The van der Waals surface area contributed by atoms with Crippen LogP contribution in [0.3, 0.4) is 0 Å². The summed E-state index contributed by atoms with van der Waals surface area (Å²) in [4.78, 5) is 11.5. The number of aromatic nitrogens is 1. The molecule has 0 atom stereocenters. The predicted molar refractivity (Wildman–Crippen MR) is 59.7 cm³/mol. The van der Waals surface area contributed by atoms with Crippen LogP contribution in [0.15, 0.2) is 57.9 Å². The van der Waals surface area contributed by atoms with Crippen LogP contribution in [-0.2, 0) is 0 Å². The van der Waals surface area contributed by atoms with Gasteiger partial charge in [-0.25, -0.2) is 0 Å². The molecular weight excluding hydrogens is 242 g/mol. The lowest BCUT2D eigenvalue weighted by atomic mass is 10.3. The third-order valence-corrected chi connectivity index (χ3v) is 2.40. The van der Waals surface area contributed by atoms with Crippen molar-refractivity contribution in [1.82, 2.24) is 4.57 Å². The second-order valence-corrected chi connectivity index (χ2v) is 3.80. The second kappa shape index (κ2) is 3.80. The Labute approximate surface area is 89.9 Å². The highest BCUT2D eigenvalue weighted by atomic mass is 79.9. The van der Waals surface area contributed by atoms with Crippen molar-refractivity contribution in [3.8, 4) is 5.69 Å². The van der Waals surface area contributed by atoms with Gasteiger partial charge in [0.15, 0.2) is 0 Å². The molecule has 0 saturated carbocycles. The summed E-state index contributed by atoms with van der Waals surface area (Å²) in [5.74, 6) is 0. The fraction of sp³-hybridized carbons (Fsp3) is 0. The van der Waals surface area contributed by atoms with E-state index in [-0.39, 0.29) is 5.56 Å². The molecule has 70 valence electrons. The minimum absolute atomic E-state index is 0.0226. The van der Waals surface area contributed by atoms with E-state index in [0.29, 0.717) is 0 Å². The van der Waals surface area contributed by atoms with Crippen LogP contribution in [0.4, 0.5) is 0 Å². The van der Waals surface area contributed by atoms with Gasteiger partial charge in [-0.15, -0.1) is 0 Å². The van der Waals surface area contributed by atoms with E-state index in [9.17, 15) is 4.79 Å². The highest BCUT2D eigenvalue weighted by Crippen LogP contribution is 2.13. The Balaban J connectivity index is 2.61. The van der Waals surface area contributed by atoms with Crippen molar-refractivity contribution >= 4 is 15.9 Å². The van der Waals surface area contributed by atoms with E-state index in [1.165, 1.54) is 0 Å². The molecule has 0 aliphatic heterocycles. The summed E-state index contributed by atoms with van der Waals surface area (Å²) in [6, 6.07) is 12.7. The molecule has 0 radical (unpaired) electrons. The maximum Gasteiger partial charge on any atom is 0.255 e. The van der Waals surface area contributed by atoms with Crippen molar-refractivity contribution < 1.29 is 0 Å². The zero-order valence-electron chi connectivity index (χ0n) is 7.35. The monoisotopic (exact) mass is 249 g/mol. The Kier molecular flexibility index (Phi) is 2.50. The Morgan fingerprint density at radius 2 is 1.93 bits per heavy atom. The molecule has 1 aromatic carbocycles. The third-order valence-electron chi connectivity index (χ3n) is 1.91. The van der Waals surface area contributed by atoms with E-state index in [0.717, 1.165) is 10.2 Å². The zero-order chi connectivity index (χ0) is 9.97. The molecule has 1 heterocycles. The maximum atomic E-state index is 11.5. The van der Waals surface area contributed by atoms with Crippen LogP contribution in [-0.4, -0.2) is 4.57 Å². The van der Waals surface area contributed by atoms with E-state index >= 15 is 0 Å². The summed E-state index contributed by atoms with van der Waals surface area (Å²) in [6.45, 7) is 0. The molecule has 0 N–H and O–H groups in total. The third kappa shape index (κ3) is 1.77. The molecule has 2 rings (SSSR count). The van der Waals surface area contributed by atoms with Gasteiger partial charge in [0.1, 0.15) is 0 Å². The lowest BCUT2D eigenvalue weighted by Gasteiger charge is -2.04. The Morgan fingerprint density at radius 3 is 2.64 bits per heavy atom. The highest BCUT2D eigenvalue weighted by molar-refractivity contribution is 9.10. The van der Waals surface area contributed by atoms with Gasteiger partial charge in [-0.1, -0.05) is 28.1 Å². The zero-order valence-corrected chi connectivity index (χ0v) is 8.94. The van der Waals surface area contributed by atoms with Crippen LogP contribution in [0.2, 0.25) is 0 Å². The predicted octanol–water partition coefficient (Wildman–Crippen LogP) is 2.60. The van der Waals surface area contributed by atoms with Gasteiger partial charge in [-0.2, -0.15) is 0 Å². The first-order valence-corrected chi connectivity index (χ1v) is 5.00. The molecular formula is C11H8BrNO. The first-order chi connectivity index (χ1) is 6.77. The average Bonchev–Trinajstić information content (AvgIpc) is 2.18. The second-order valence-electron chi connectivity index (χ2n) is 2.89. The molecule has 0 unspecified atom stereocenters. The Hall–Kier alpha value is -1.35. The first kappa shape index (κ1) is 9.21. The van der Waals surface area contributed by atoms with E-state index < -0.39 is 0 Å². The molecule has 0 aliphatic rings. The fourth-order valence-electron chi connectivity index (χ4n) is 1.27. The molecule has 0 saturated heterocycles. The molecule has 1 aromatic heterocycles. The minimum atomic E-state index is -0.0226. The Morgan fingerprint density at radius 1 is 1.07 bits per heavy atom. The molecule has 0 fully saturated rings. The molecule has 0 bridgehead atoms. The maximum absolute atomic E-state index is 11.5. The highest BCUT2D eigenvalue weighted by Gasteiger charge is 1.97. The normalized spacial score (nSPS) is 10.1. The molecule has 3 heteroatoms. The molecule has 14 heavy (non-hydrogen) atoms.